The van der Waals surface area contributed by atoms with E-state index in [0.717, 1.165) is 48.7 Å². The molecule has 9 unspecified atom stereocenters. The lowest BCUT2D eigenvalue weighted by atomic mass is 9.62. The number of carbonyl (C=O) groups is 1. The van der Waals surface area contributed by atoms with Crippen LogP contribution in [0.15, 0.2) is 0 Å². The van der Waals surface area contributed by atoms with Crippen molar-refractivity contribution in [3.8, 4) is 0 Å². The molecule has 118 valence electrons. The fourth-order valence-corrected chi connectivity index (χ4v) is 7.30. The Morgan fingerprint density at radius 3 is 2.19 bits per heavy atom. The van der Waals surface area contributed by atoms with Gasteiger partial charge in [-0.1, -0.05) is 13.8 Å². The average molecular weight is 311 g/mol. The predicted molar refractivity (Wildman–Crippen MR) is 79.6 cm³/mol. The highest BCUT2D eigenvalue weighted by Crippen LogP contribution is 2.71. The zero-order chi connectivity index (χ0) is 15.1. The SMILES string of the molecule is CC1C(C)C2CC1C1C3CC(C(=O)NS(C)(=O)=O)C(C3)C21. The number of sulfonamides is 1. The lowest BCUT2D eigenvalue weighted by Gasteiger charge is -2.43. The average Bonchev–Trinajstić information content (AvgIpc) is 3.07. The minimum atomic E-state index is -3.43. The summed E-state index contributed by atoms with van der Waals surface area (Å²) < 4.78 is 24.9. The second-order valence-corrected chi connectivity index (χ2v) is 9.93. The molecule has 0 aromatic heterocycles. The van der Waals surface area contributed by atoms with Gasteiger partial charge in [-0.15, -0.1) is 0 Å². The summed E-state index contributed by atoms with van der Waals surface area (Å²) in [5, 5.41) is 0. The monoisotopic (exact) mass is 311 g/mol. The Bertz CT molecular complexity index is 586. The van der Waals surface area contributed by atoms with Crippen LogP contribution in [-0.2, 0) is 14.8 Å². The zero-order valence-corrected chi connectivity index (χ0v) is 13.8. The summed E-state index contributed by atoms with van der Waals surface area (Å²) in [7, 11) is -3.43. The normalized spacial score (nSPS) is 54.0. The Labute approximate surface area is 127 Å². The Kier molecular flexibility index (Phi) is 2.84. The van der Waals surface area contributed by atoms with Gasteiger partial charge in [-0.05, 0) is 66.6 Å². The number of hydrogen-bond donors (Lipinski definition) is 1. The maximum Gasteiger partial charge on any atom is 0.236 e. The van der Waals surface area contributed by atoms with Crippen LogP contribution in [0.1, 0.15) is 33.1 Å². The summed E-state index contributed by atoms with van der Waals surface area (Å²) in [5.41, 5.74) is 0. The van der Waals surface area contributed by atoms with Gasteiger partial charge in [-0.3, -0.25) is 9.52 Å². The molecule has 0 aromatic rings. The van der Waals surface area contributed by atoms with Crippen molar-refractivity contribution in [1.82, 2.24) is 4.72 Å². The molecule has 0 saturated heterocycles. The molecule has 0 spiro atoms. The van der Waals surface area contributed by atoms with E-state index in [0.29, 0.717) is 17.8 Å². The van der Waals surface area contributed by atoms with Crippen LogP contribution in [0.25, 0.3) is 0 Å². The van der Waals surface area contributed by atoms with E-state index in [4.69, 9.17) is 0 Å². The van der Waals surface area contributed by atoms with Crippen LogP contribution in [-0.4, -0.2) is 20.6 Å². The number of hydrogen-bond acceptors (Lipinski definition) is 3. The highest BCUT2D eigenvalue weighted by molar-refractivity contribution is 7.89. The van der Waals surface area contributed by atoms with Crippen LogP contribution in [0.4, 0.5) is 0 Å². The molecule has 4 saturated carbocycles. The molecule has 21 heavy (non-hydrogen) atoms. The molecule has 9 atom stereocenters. The van der Waals surface area contributed by atoms with Crippen LogP contribution in [0, 0.1) is 53.3 Å². The molecule has 0 aromatic carbocycles. The molecule has 5 heteroatoms. The van der Waals surface area contributed by atoms with E-state index >= 15 is 0 Å². The molecule has 4 fully saturated rings. The summed E-state index contributed by atoms with van der Waals surface area (Å²) in [4.78, 5) is 12.3. The summed E-state index contributed by atoms with van der Waals surface area (Å²) in [6, 6.07) is 0. The lowest BCUT2D eigenvalue weighted by Crippen LogP contribution is -2.44. The van der Waals surface area contributed by atoms with Crippen molar-refractivity contribution in [2.24, 2.45) is 53.3 Å². The second-order valence-electron chi connectivity index (χ2n) is 8.18. The van der Waals surface area contributed by atoms with E-state index in [1.807, 2.05) is 0 Å². The van der Waals surface area contributed by atoms with Gasteiger partial charge in [0.1, 0.15) is 0 Å². The van der Waals surface area contributed by atoms with Crippen molar-refractivity contribution >= 4 is 15.9 Å². The molecule has 1 N–H and O–H groups in total. The van der Waals surface area contributed by atoms with Crippen LogP contribution in [0.2, 0.25) is 0 Å². The number of rotatable bonds is 2. The van der Waals surface area contributed by atoms with Crippen molar-refractivity contribution in [2.45, 2.75) is 33.1 Å². The van der Waals surface area contributed by atoms with Crippen LogP contribution in [0.5, 0.6) is 0 Å². The Balaban J connectivity index is 1.57. The summed E-state index contributed by atoms with van der Waals surface area (Å²) >= 11 is 0. The molecule has 4 aliphatic carbocycles. The predicted octanol–water partition coefficient (Wildman–Crippen LogP) is 1.87. The second kappa shape index (κ2) is 4.24. The summed E-state index contributed by atoms with van der Waals surface area (Å²) in [5.74, 6) is 5.56. The first-order valence-electron chi connectivity index (χ1n) is 8.29. The van der Waals surface area contributed by atoms with E-state index in [9.17, 15) is 13.2 Å². The van der Waals surface area contributed by atoms with Crippen LogP contribution >= 0.6 is 0 Å². The third-order valence-electron chi connectivity index (χ3n) is 7.47. The summed E-state index contributed by atoms with van der Waals surface area (Å²) in [6.07, 6.45) is 4.49. The van der Waals surface area contributed by atoms with Gasteiger partial charge >= 0.3 is 0 Å². The third kappa shape index (κ3) is 1.85. The van der Waals surface area contributed by atoms with Gasteiger partial charge in [0.15, 0.2) is 0 Å². The molecule has 1 amide bonds. The van der Waals surface area contributed by atoms with Crippen molar-refractivity contribution in [1.29, 1.82) is 0 Å². The van der Waals surface area contributed by atoms with Gasteiger partial charge in [0.05, 0.1) is 6.26 Å². The van der Waals surface area contributed by atoms with Crippen molar-refractivity contribution in [2.75, 3.05) is 6.26 Å². The first kappa shape index (κ1) is 14.0. The highest BCUT2D eigenvalue weighted by atomic mass is 32.2. The van der Waals surface area contributed by atoms with Crippen molar-refractivity contribution in [3.63, 3.8) is 0 Å². The van der Waals surface area contributed by atoms with Crippen molar-refractivity contribution < 1.29 is 13.2 Å². The fraction of sp³-hybridized carbons (Fsp3) is 0.938. The smallest absolute Gasteiger partial charge is 0.236 e. The minimum Gasteiger partial charge on any atom is -0.274 e. The van der Waals surface area contributed by atoms with Crippen LogP contribution in [0.3, 0.4) is 0 Å². The number of fused-ring (bicyclic) bond motifs is 9. The molecule has 4 bridgehead atoms. The number of amides is 1. The van der Waals surface area contributed by atoms with Crippen molar-refractivity contribution in [3.05, 3.63) is 0 Å². The third-order valence-corrected chi connectivity index (χ3v) is 8.04. The largest absolute Gasteiger partial charge is 0.274 e. The number of carbonyl (C=O) groups excluding carboxylic acids is 1. The van der Waals surface area contributed by atoms with E-state index in [-0.39, 0.29) is 11.8 Å². The van der Waals surface area contributed by atoms with Gasteiger partial charge in [0, 0.05) is 5.92 Å². The molecule has 0 heterocycles. The van der Waals surface area contributed by atoms with E-state index in [1.165, 1.54) is 6.42 Å². The van der Waals surface area contributed by atoms with Crippen LogP contribution < -0.4 is 4.72 Å². The molecular weight excluding hydrogens is 286 g/mol. The molecule has 4 rings (SSSR count). The minimum absolute atomic E-state index is 0.0622. The zero-order valence-electron chi connectivity index (χ0n) is 13.0. The molecular formula is C16H25NO3S. The fourth-order valence-electron chi connectivity index (χ4n) is 6.79. The van der Waals surface area contributed by atoms with Gasteiger partial charge < -0.3 is 0 Å². The Morgan fingerprint density at radius 2 is 1.57 bits per heavy atom. The maximum atomic E-state index is 12.3. The lowest BCUT2D eigenvalue weighted by molar-refractivity contribution is -0.126. The molecule has 4 aliphatic rings. The molecule has 0 radical (unpaired) electrons. The van der Waals surface area contributed by atoms with E-state index in [2.05, 4.69) is 18.6 Å². The Hall–Kier alpha value is -0.580. The Morgan fingerprint density at radius 1 is 0.952 bits per heavy atom. The van der Waals surface area contributed by atoms with E-state index in [1.54, 1.807) is 0 Å². The first-order valence-corrected chi connectivity index (χ1v) is 10.2. The molecule has 4 nitrogen and oxygen atoms in total. The first-order chi connectivity index (χ1) is 9.78. The number of nitrogens with one attached hydrogen (secondary N) is 1. The standard InChI is InChI=1S/C16H25NO3S/c1-7-8(2)11-6-10(7)14-9-4-12(15(11)14)13(5-9)16(18)17-21(3,19)20/h7-15H,4-6H2,1-3H3,(H,17,18). The van der Waals surface area contributed by atoms with Gasteiger partial charge in [-0.25, -0.2) is 8.42 Å². The summed E-state index contributed by atoms with van der Waals surface area (Å²) in [6.45, 7) is 4.79. The topological polar surface area (TPSA) is 63.2 Å². The quantitative estimate of drug-likeness (QED) is 0.792. The molecule has 0 aliphatic heterocycles. The highest BCUT2D eigenvalue weighted by Gasteiger charge is 2.66. The maximum absolute atomic E-state index is 12.3. The van der Waals surface area contributed by atoms with Gasteiger partial charge in [0.25, 0.3) is 0 Å². The van der Waals surface area contributed by atoms with Gasteiger partial charge in [0.2, 0.25) is 15.9 Å². The van der Waals surface area contributed by atoms with Gasteiger partial charge in [-0.2, -0.15) is 0 Å². The van der Waals surface area contributed by atoms with E-state index < -0.39 is 10.0 Å².